The van der Waals surface area contributed by atoms with Gasteiger partial charge in [-0.2, -0.15) is 0 Å². The minimum absolute atomic E-state index is 0.0812. The number of amides is 1. The highest BCUT2D eigenvalue weighted by Gasteiger charge is 2.26. The molecule has 1 aromatic carbocycles. The van der Waals surface area contributed by atoms with E-state index in [0.29, 0.717) is 11.6 Å². The number of para-hydroxylation sites is 1. The van der Waals surface area contributed by atoms with Crippen molar-refractivity contribution in [1.82, 2.24) is 9.88 Å². The molecule has 0 saturated carbocycles. The maximum atomic E-state index is 12.6. The average Bonchev–Trinajstić information content (AvgIpc) is 2.77. The molecule has 0 spiro atoms. The van der Waals surface area contributed by atoms with E-state index in [1.165, 1.54) is 25.8 Å². The normalized spacial score (nSPS) is 20.3. The molecule has 2 aliphatic rings. The highest BCUT2D eigenvalue weighted by atomic mass is 16.5. The Labute approximate surface area is 172 Å². The Morgan fingerprint density at radius 2 is 1.90 bits per heavy atom. The van der Waals surface area contributed by atoms with Crippen LogP contribution in [0.3, 0.4) is 0 Å². The fourth-order valence-electron chi connectivity index (χ4n) is 4.13. The van der Waals surface area contributed by atoms with E-state index in [9.17, 15) is 4.79 Å². The van der Waals surface area contributed by atoms with Gasteiger partial charge in [0.25, 0.3) is 0 Å². The molecule has 1 fully saturated rings. The van der Waals surface area contributed by atoms with Crippen molar-refractivity contribution in [3.8, 4) is 11.6 Å². The lowest BCUT2D eigenvalue weighted by Gasteiger charge is -2.34. The molecular formula is C24H29N3O2. The minimum Gasteiger partial charge on any atom is -0.439 e. The number of nitrogens with zero attached hydrogens (tertiary/aromatic N) is 2. The van der Waals surface area contributed by atoms with Gasteiger partial charge < -0.3 is 15.0 Å². The van der Waals surface area contributed by atoms with Crippen LogP contribution >= 0.6 is 0 Å². The van der Waals surface area contributed by atoms with E-state index in [-0.39, 0.29) is 11.8 Å². The van der Waals surface area contributed by atoms with E-state index < -0.39 is 0 Å². The summed E-state index contributed by atoms with van der Waals surface area (Å²) in [6.45, 7) is 3.20. The maximum Gasteiger partial charge on any atom is 0.227 e. The summed E-state index contributed by atoms with van der Waals surface area (Å²) in [4.78, 5) is 19.5. The average molecular weight is 392 g/mol. The molecule has 1 amide bonds. The molecule has 2 aromatic rings. The number of benzene rings is 1. The monoisotopic (exact) mass is 391 g/mol. The second kappa shape index (κ2) is 9.70. The van der Waals surface area contributed by atoms with Crippen LogP contribution in [0.5, 0.6) is 11.6 Å². The number of piperidine rings is 1. The predicted octanol–water partition coefficient (Wildman–Crippen LogP) is 4.88. The Morgan fingerprint density at radius 3 is 2.59 bits per heavy atom. The number of anilines is 1. The first kappa shape index (κ1) is 19.6. The molecule has 5 heteroatoms. The molecule has 152 valence electrons. The van der Waals surface area contributed by atoms with Crippen molar-refractivity contribution in [2.75, 3.05) is 25.0 Å². The summed E-state index contributed by atoms with van der Waals surface area (Å²) in [6.07, 6.45) is 11.8. The third kappa shape index (κ3) is 5.67. The van der Waals surface area contributed by atoms with Crippen molar-refractivity contribution in [2.24, 2.45) is 11.8 Å². The molecule has 2 heterocycles. The Balaban J connectivity index is 1.23. The third-order valence-corrected chi connectivity index (χ3v) is 5.82. The lowest BCUT2D eigenvalue weighted by Crippen LogP contribution is -2.40. The van der Waals surface area contributed by atoms with Gasteiger partial charge in [-0.25, -0.2) is 4.98 Å². The molecule has 1 atom stereocenters. The van der Waals surface area contributed by atoms with Gasteiger partial charge in [0.1, 0.15) is 5.75 Å². The SMILES string of the molecule is O=C(Nc1ccc(Oc2ccccc2)nc1)C1CCN(CC2CC=CCC2)CC1. The molecule has 1 unspecified atom stereocenters. The van der Waals surface area contributed by atoms with E-state index in [1.54, 1.807) is 12.3 Å². The van der Waals surface area contributed by atoms with Crippen LogP contribution in [0, 0.1) is 11.8 Å². The third-order valence-electron chi connectivity index (χ3n) is 5.82. The van der Waals surface area contributed by atoms with Crippen molar-refractivity contribution in [2.45, 2.75) is 32.1 Å². The number of aromatic nitrogens is 1. The topological polar surface area (TPSA) is 54.5 Å². The fourth-order valence-corrected chi connectivity index (χ4v) is 4.13. The zero-order valence-corrected chi connectivity index (χ0v) is 16.8. The van der Waals surface area contributed by atoms with Crippen molar-refractivity contribution < 1.29 is 9.53 Å². The number of hydrogen-bond donors (Lipinski definition) is 1. The van der Waals surface area contributed by atoms with Gasteiger partial charge in [-0.1, -0.05) is 30.4 Å². The van der Waals surface area contributed by atoms with Crippen LogP contribution in [0.25, 0.3) is 0 Å². The maximum absolute atomic E-state index is 12.6. The Bertz CT molecular complexity index is 812. The first-order chi connectivity index (χ1) is 14.3. The smallest absolute Gasteiger partial charge is 0.227 e. The summed E-state index contributed by atoms with van der Waals surface area (Å²) in [7, 11) is 0. The van der Waals surface area contributed by atoms with Gasteiger partial charge in [-0.15, -0.1) is 0 Å². The molecule has 29 heavy (non-hydrogen) atoms. The van der Waals surface area contributed by atoms with Crippen molar-refractivity contribution in [1.29, 1.82) is 0 Å². The number of carbonyl (C=O) groups is 1. The summed E-state index contributed by atoms with van der Waals surface area (Å²) in [5.41, 5.74) is 0.715. The second-order valence-electron chi connectivity index (χ2n) is 8.01. The standard InChI is InChI=1S/C24H29N3O2/c28-24(20-13-15-27(16-14-20)18-19-7-3-1-4-8-19)26-21-11-12-23(25-17-21)29-22-9-5-2-6-10-22/h1-3,5-6,9-12,17,19-20H,4,7-8,13-16,18H2,(H,26,28). The van der Waals surface area contributed by atoms with Crippen molar-refractivity contribution in [3.05, 3.63) is 60.8 Å². The molecule has 1 aliphatic carbocycles. The van der Waals surface area contributed by atoms with Gasteiger partial charge >= 0.3 is 0 Å². The minimum atomic E-state index is 0.0812. The lowest BCUT2D eigenvalue weighted by atomic mass is 9.91. The van der Waals surface area contributed by atoms with Gasteiger partial charge in [0, 0.05) is 18.5 Å². The predicted molar refractivity (Wildman–Crippen MR) is 115 cm³/mol. The van der Waals surface area contributed by atoms with E-state index in [1.807, 2.05) is 36.4 Å². The van der Waals surface area contributed by atoms with Crippen LogP contribution in [-0.4, -0.2) is 35.4 Å². The Kier molecular flexibility index (Phi) is 6.57. The largest absolute Gasteiger partial charge is 0.439 e. The van der Waals surface area contributed by atoms with E-state index >= 15 is 0 Å². The van der Waals surface area contributed by atoms with E-state index in [2.05, 4.69) is 27.4 Å². The number of hydrogen-bond acceptors (Lipinski definition) is 4. The first-order valence-electron chi connectivity index (χ1n) is 10.6. The summed E-state index contributed by atoms with van der Waals surface area (Å²) in [6, 6.07) is 13.2. The summed E-state index contributed by atoms with van der Waals surface area (Å²) in [5.74, 6) is 2.22. The summed E-state index contributed by atoms with van der Waals surface area (Å²) in [5, 5.41) is 3.01. The van der Waals surface area contributed by atoms with Crippen LogP contribution in [-0.2, 0) is 4.79 Å². The molecule has 4 rings (SSSR count). The number of rotatable bonds is 6. The number of ether oxygens (including phenoxy) is 1. The molecule has 1 saturated heterocycles. The van der Waals surface area contributed by atoms with Gasteiger partial charge in [-0.05, 0) is 69.3 Å². The van der Waals surface area contributed by atoms with Crippen molar-refractivity contribution in [3.63, 3.8) is 0 Å². The Morgan fingerprint density at radius 1 is 1.07 bits per heavy atom. The first-order valence-corrected chi connectivity index (χ1v) is 10.6. The zero-order chi connectivity index (χ0) is 19.9. The quantitative estimate of drug-likeness (QED) is 0.713. The molecule has 5 nitrogen and oxygen atoms in total. The van der Waals surface area contributed by atoms with Gasteiger partial charge in [0.05, 0.1) is 11.9 Å². The molecular weight excluding hydrogens is 362 g/mol. The summed E-state index contributed by atoms with van der Waals surface area (Å²) >= 11 is 0. The highest BCUT2D eigenvalue weighted by molar-refractivity contribution is 5.92. The van der Waals surface area contributed by atoms with Crippen molar-refractivity contribution >= 4 is 11.6 Å². The number of likely N-dealkylation sites (tertiary alicyclic amines) is 1. The molecule has 1 aromatic heterocycles. The van der Waals surface area contributed by atoms with Gasteiger partial charge in [0.2, 0.25) is 11.8 Å². The number of pyridine rings is 1. The fraction of sp³-hybridized carbons (Fsp3) is 0.417. The molecule has 0 radical (unpaired) electrons. The van der Waals surface area contributed by atoms with E-state index in [4.69, 9.17) is 4.74 Å². The van der Waals surface area contributed by atoms with Gasteiger partial charge in [0.15, 0.2) is 0 Å². The van der Waals surface area contributed by atoms with Gasteiger partial charge in [-0.3, -0.25) is 4.79 Å². The summed E-state index contributed by atoms with van der Waals surface area (Å²) < 4.78 is 5.70. The van der Waals surface area contributed by atoms with Crippen LogP contribution < -0.4 is 10.1 Å². The van der Waals surface area contributed by atoms with E-state index in [0.717, 1.165) is 37.6 Å². The Hall–Kier alpha value is -2.66. The zero-order valence-electron chi connectivity index (χ0n) is 16.8. The van der Waals surface area contributed by atoms with Crippen LogP contribution in [0.4, 0.5) is 5.69 Å². The molecule has 1 aliphatic heterocycles. The molecule has 0 bridgehead atoms. The number of nitrogens with one attached hydrogen (secondary N) is 1. The number of allylic oxidation sites excluding steroid dienone is 2. The highest BCUT2D eigenvalue weighted by Crippen LogP contribution is 2.25. The number of carbonyl (C=O) groups excluding carboxylic acids is 1. The van der Waals surface area contributed by atoms with Crippen LogP contribution in [0.2, 0.25) is 0 Å². The van der Waals surface area contributed by atoms with Crippen LogP contribution in [0.1, 0.15) is 32.1 Å². The van der Waals surface area contributed by atoms with Crippen LogP contribution in [0.15, 0.2) is 60.8 Å². The second-order valence-corrected chi connectivity index (χ2v) is 8.01. The lowest BCUT2D eigenvalue weighted by molar-refractivity contribution is -0.121. The molecule has 1 N–H and O–H groups in total.